The second-order valence-corrected chi connectivity index (χ2v) is 8.33. The van der Waals surface area contributed by atoms with Crippen LogP contribution in [0.5, 0.6) is 0 Å². The standard InChI is InChI=1S/C23H22N6O/c1-3-20(30)29-13-23(14-29)7-9-28(12-23)22-17(10-24)16(6-8-25-22)21-15(2)4-5-19-18(21)11-26-27-19/h3-6,8,11H,1,7,9,12-14H2,2H3,(H,26,27). The molecular formula is C23H22N6O. The van der Waals surface area contributed by atoms with Crippen LogP contribution in [-0.2, 0) is 4.79 Å². The van der Waals surface area contributed by atoms with Gasteiger partial charge in [0, 0.05) is 48.7 Å². The lowest BCUT2D eigenvalue weighted by Crippen LogP contribution is -2.59. The van der Waals surface area contributed by atoms with E-state index in [9.17, 15) is 10.1 Å². The van der Waals surface area contributed by atoms with E-state index < -0.39 is 0 Å². The Morgan fingerprint density at radius 3 is 2.93 bits per heavy atom. The maximum absolute atomic E-state index is 11.8. The molecule has 1 amide bonds. The van der Waals surface area contributed by atoms with E-state index >= 15 is 0 Å². The van der Waals surface area contributed by atoms with Gasteiger partial charge in [0.25, 0.3) is 0 Å². The number of aromatic amines is 1. The van der Waals surface area contributed by atoms with Crippen LogP contribution >= 0.6 is 0 Å². The van der Waals surface area contributed by atoms with Crippen molar-refractivity contribution < 1.29 is 4.79 Å². The first-order chi connectivity index (χ1) is 14.5. The highest BCUT2D eigenvalue weighted by Crippen LogP contribution is 2.43. The van der Waals surface area contributed by atoms with Crippen LogP contribution in [0.25, 0.3) is 22.0 Å². The van der Waals surface area contributed by atoms with Gasteiger partial charge in [-0.25, -0.2) is 4.98 Å². The van der Waals surface area contributed by atoms with Crippen molar-refractivity contribution >= 4 is 22.6 Å². The highest BCUT2D eigenvalue weighted by atomic mass is 16.2. The van der Waals surface area contributed by atoms with Gasteiger partial charge in [0.05, 0.1) is 11.7 Å². The Kier molecular flexibility index (Phi) is 4.10. The van der Waals surface area contributed by atoms with Gasteiger partial charge in [-0.05, 0) is 42.7 Å². The fourth-order valence-electron chi connectivity index (χ4n) is 4.92. The van der Waals surface area contributed by atoms with Gasteiger partial charge in [-0.1, -0.05) is 12.6 Å². The Morgan fingerprint density at radius 1 is 1.33 bits per heavy atom. The van der Waals surface area contributed by atoms with Crippen molar-refractivity contribution in [1.29, 1.82) is 5.26 Å². The van der Waals surface area contributed by atoms with E-state index in [0.717, 1.165) is 66.0 Å². The molecule has 4 heterocycles. The number of aryl methyl sites for hydroxylation is 1. The van der Waals surface area contributed by atoms with E-state index in [1.165, 1.54) is 6.08 Å². The van der Waals surface area contributed by atoms with Crippen LogP contribution < -0.4 is 4.90 Å². The summed E-state index contributed by atoms with van der Waals surface area (Å²) in [6.45, 7) is 8.73. The topological polar surface area (TPSA) is 88.9 Å². The van der Waals surface area contributed by atoms with Crippen LogP contribution in [0.2, 0.25) is 0 Å². The number of pyridine rings is 1. The molecule has 2 aromatic heterocycles. The number of nitrogens with one attached hydrogen (secondary N) is 1. The summed E-state index contributed by atoms with van der Waals surface area (Å²) in [6.07, 6.45) is 5.95. The number of likely N-dealkylation sites (tertiary alicyclic amines) is 1. The van der Waals surface area contributed by atoms with E-state index in [1.54, 1.807) is 6.20 Å². The number of hydrogen-bond acceptors (Lipinski definition) is 5. The van der Waals surface area contributed by atoms with Gasteiger partial charge in [0.15, 0.2) is 0 Å². The normalized spacial score (nSPS) is 17.2. The monoisotopic (exact) mass is 398 g/mol. The molecule has 0 radical (unpaired) electrons. The molecule has 0 atom stereocenters. The van der Waals surface area contributed by atoms with Gasteiger partial charge >= 0.3 is 0 Å². The zero-order valence-electron chi connectivity index (χ0n) is 16.9. The van der Waals surface area contributed by atoms with Crippen molar-refractivity contribution in [2.75, 3.05) is 31.1 Å². The number of nitriles is 1. The molecule has 0 bridgehead atoms. The molecule has 1 spiro atoms. The molecule has 7 heteroatoms. The minimum Gasteiger partial charge on any atom is -0.355 e. The molecule has 7 nitrogen and oxygen atoms in total. The van der Waals surface area contributed by atoms with Gasteiger partial charge in [-0.3, -0.25) is 9.89 Å². The average Bonchev–Trinajstić information content (AvgIpc) is 3.39. The predicted octanol–water partition coefficient (Wildman–Crippen LogP) is 3.03. The summed E-state index contributed by atoms with van der Waals surface area (Å²) in [6, 6.07) is 8.37. The van der Waals surface area contributed by atoms with E-state index in [2.05, 4.69) is 32.7 Å². The third kappa shape index (κ3) is 2.68. The number of H-pyrrole nitrogens is 1. The summed E-state index contributed by atoms with van der Waals surface area (Å²) in [4.78, 5) is 20.5. The third-order valence-electron chi connectivity index (χ3n) is 6.42. The van der Waals surface area contributed by atoms with Gasteiger partial charge < -0.3 is 9.80 Å². The second kappa shape index (κ2) is 6.70. The molecular weight excluding hydrogens is 376 g/mol. The van der Waals surface area contributed by atoms with Crippen molar-refractivity contribution in [3.8, 4) is 17.2 Å². The molecule has 150 valence electrons. The summed E-state index contributed by atoms with van der Waals surface area (Å²) in [5.41, 5.74) is 4.60. The zero-order valence-corrected chi connectivity index (χ0v) is 16.9. The highest BCUT2D eigenvalue weighted by Gasteiger charge is 2.49. The van der Waals surface area contributed by atoms with Crippen molar-refractivity contribution in [3.63, 3.8) is 0 Å². The van der Waals surface area contributed by atoms with Gasteiger partial charge in [-0.15, -0.1) is 0 Å². The Bertz CT molecular complexity index is 1210. The van der Waals surface area contributed by atoms with Crippen molar-refractivity contribution in [3.05, 3.63) is 54.4 Å². The van der Waals surface area contributed by atoms with Crippen LogP contribution in [0.1, 0.15) is 17.5 Å². The molecule has 1 N–H and O–H groups in total. The van der Waals surface area contributed by atoms with Crippen LogP contribution in [0.4, 0.5) is 5.82 Å². The summed E-state index contributed by atoms with van der Waals surface area (Å²) >= 11 is 0. The lowest BCUT2D eigenvalue weighted by molar-refractivity contribution is -0.136. The lowest BCUT2D eigenvalue weighted by Gasteiger charge is -2.47. The number of amides is 1. The Hall–Kier alpha value is -3.66. The summed E-state index contributed by atoms with van der Waals surface area (Å²) in [7, 11) is 0. The first-order valence-corrected chi connectivity index (χ1v) is 10.0. The van der Waals surface area contributed by atoms with E-state index in [1.807, 2.05) is 36.2 Å². The molecule has 5 rings (SSSR count). The smallest absolute Gasteiger partial charge is 0.245 e. The Morgan fingerprint density at radius 2 is 2.17 bits per heavy atom. The third-order valence-corrected chi connectivity index (χ3v) is 6.42. The highest BCUT2D eigenvalue weighted by molar-refractivity contribution is 5.98. The molecule has 0 unspecified atom stereocenters. The van der Waals surface area contributed by atoms with Crippen LogP contribution in [0, 0.1) is 23.7 Å². The maximum Gasteiger partial charge on any atom is 0.245 e. The fraction of sp³-hybridized carbons (Fsp3) is 0.304. The van der Waals surface area contributed by atoms with Crippen molar-refractivity contribution in [2.24, 2.45) is 5.41 Å². The van der Waals surface area contributed by atoms with Crippen molar-refractivity contribution in [1.82, 2.24) is 20.1 Å². The summed E-state index contributed by atoms with van der Waals surface area (Å²) in [5.74, 6) is 0.709. The lowest BCUT2D eigenvalue weighted by atomic mass is 9.79. The second-order valence-electron chi connectivity index (χ2n) is 8.33. The molecule has 3 aromatic rings. The largest absolute Gasteiger partial charge is 0.355 e. The predicted molar refractivity (Wildman–Crippen MR) is 115 cm³/mol. The molecule has 1 aromatic carbocycles. The van der Waals surface area contributed by atoms with Crippen LogP contribution in [-0.4, -0.2) is 52.2 Å². The number of rotatable bonds is 3. The number of nitrogens with zero attached hydrogens (tertiary/aromatic N) is 5. The average molecular weight is 398 g/mol. The number of carbonyl (C=O) groups is 1. The molecule has 30 heavy (non-hydrogen) atoms. The quantitative estimate of drug-likeness (QED) is 0.685. The minimum atomic E-state index is -0.0133. The number of carbonyl (C=O) groups excluding carboxylic acids is 1. The van der Waals surface area contributed by atoms with Gasteiger partial charge in [-0.2, -0.15) is 10.4 Å². The maximum atomic E-state index is 11.8. The van der Waals surface area contributed by atoms with Crippen molar-refractivity contribution in [2.45, 2.75) is 13.3 Å². The van der Waals surface area contributed by atoms with E-state index in [0.29, 0.717) is 5.56 Å². The molecule has 0 aliphatic carbocycles. The summed E-state index contributed by atoms with van der Waals surface area (Å²) < 4.78 is 0. The van der Waals surface area contributed by atoms with E-state index in [-0.39, 0.29) is 11.3 Å². The Labute approximate surface area is 174 Å². The first kappa shape index (κ1) is 18.4. The Balaban J connectivity index is 1.51. The molecule has 0 saturated carbocycles. The SMILES string of the molecule is C=CC(=O)N1CC2(CCN(c3nccc(-c4c(C)ccc5[nH]ncc45)c3C#N)C2)C1. The zero-order chi connectivity index (χ0) is 20.9. The molecule has 2 fully saturated rings. The number of fused-ring (bicyclic) bond motifs is 1. The van der Waals surface area contributed by atoms with Gasteiger partial charge in [0.2, 0.25) is 5.91 Å². The fourth-order valence-corrected chi connectivity index (χ4v) is 4.92. The van der Waals surface area contributed by atoms with E-state index in [4.69, 9.17) is 0 Å². The van der Waals surface area contributed by atoms with Crippen LogP contribution in [0.3, 0.4) is 0 Å². The number of benzene rings is 1. The number of hydrogen-bond donors (Lipinski definition) is 1. The van der Waals surface area contributed by atoms with Crippen LogP contribution in [0.15, 0.2) is 43.2 Å². The van der Waals surface area contributed by atoms with Gasteiger partial charge in [0.1, 0.15) is 17.5 Å². The number of anilines is 1. The molecule has 2 saturated heterocycles. The molecule has 2 aliphatic heterocycles. The number of aromatic nitrogens is 3. The molecule has 2 aliphatic rings. The minimum absolute atomic E-state index is 0.0133. The first-order valence-electron chi connectivity index (χ1n) is 10.0. The summed E-state index contributed by atoms with van der Waals surface area (Å²) in [5, 5.41) is 18.3.